The minimum Gasteiger partial charge on any atom is -0.340 e. The fourth-order valence-corrected chi connectivity index (χ4v) is 3.31. The Balaban J connectivity index is 1.35. The van der Waals surface area contributed by atoms with Crippen LogP contribution >= 0.6 is 0 Å². The van der Waals surface area contributed by atoms with Crippen molar-refractivity contribution < 1.29 is 22.5 Å². The van der Waals surface area contributed by atoms with Gasteiger partial charge in [0.15, 0.2) is 0 Å². The first-order chi connectivity index (χ1) is 13.4. The maximum atomic E-state index is 12.9. The predicted octanol–water partition coefficient (Wildman–Crippen LogP) is 1.62. The van der Waals surface area contributed by atoms with Crippen molar-refractivity contribution in [2.75, 3.05) is 39.3 Å². The maximum absolute atomic E-state index is 12.9. The second-order valence-electron chi connectivity index (χ2n) is 7.05. The normalized spacial score (nSPS) is 18.9. The Labute approximate surface area is 159 Å². The van der Waals surface area contributed by atoms with E-state index in [0.29, 0.717) is 38.6 Å². The number of alkyl halides is 3. The molecule has 10 heteroatoms. The fourth-order valence-electron chi connectivity index (χ4n) is 3.31. The van der Waals surface area contributed by atoms with E-state index in [1.807, 2.05) is 4.90 Å². The number of nitrogens with one attached hydrogen (secondary N) is 1. The molecule has 3 heterocycles. The van der Waals surface area contributed by atoms with Crippen LogP contribution in [0.5, 0.6) is 0 Å². The highest BCUT2D eigenvalue weighted by molar-refractivity contribution is 5.80. The third kappa shape index (κ3) is 4.02. The van der Waals surface area contributed by atoms with Gasteiger partial charge in [-0.1, -0.05) is 17.3 Å². The van der Waals surface area contributed by atoms with Gasteiger partial charge < -0.3 is 14.7 Å². The smallest absolute Gasteiger partial charge is 0.340 e. The fraction of sp³-hybridized carbons (Fsp3) is 0.500. The van der Waals surface area contributed by atoms with E-state index in [2.05, 4.69) is 20.4 Å². The van der Waals surface area contributed by atoms with Gasteiger partial charge in [-0.15, -0.1) is 0 Å². The van der Waals surface area contributed by atoms with Gasteiger partial charge in [0.2, 0.25) is 17.6 Å². The summed E-state index contributed by atoms with van der Waals surface area (Å²) in [6.45, 7) is 4.56. The Morgan fingerprint density at radius 1 is 1.21 bits per heavy atom. The third-order valence-electron chi connectivity index (χ3n) is 5.09. The molecule has 0 radical (unpaired) electrons. The van der Waals surface area contributed by atoms with Crippen LogP contribution in [0.1, 0.15) is 11.5 Å². The third-order valence-corrected chi connectivity index (χ3v) is 5.09. The Kier molecular flexibility index (Phi) is 5.07. The number of carbonyl (C=O) groups excluding carboxylic acids is 1. The van der Waals surface area contributed by atoms with Crippen LogP contribution in [0.15, 0.2) is 28.8 Å². The van der Waals surface area contributed by atoms with Crippen LogP contribution in [0.4, 0.5) is 13.2 Å². The maximum Gasteiger partial charge on any atom is 0.416 e. The summed E-state index contributed by atoms with van der Waals surface area (Å²) in [5, 5.41) is 6.91. The molecule has 0 saturated carbocycles. The van der Waals surface area contributed by atoms with Crippen molar-refractivity contribution in [1.82, 2.24) is 25.3 Å². The van der Waals surface area contributed by atoms with E-state index in [9.17, 15) is 18.0 Å². The van der Waals surface area contributed by atoms with Crippen molar-refractivity contribution >= 4 is 5.91 Å². The summed E-state index contributed by atoms with van der Waals surface area (Å²) in [6.07, 6.45) is -4.42. The quantitative estimate of drug-likeness (QED) is 0.848. The number of benzene rings is 1. The number of rotatable bonds is 4. The largest absolute Gasteiger partial charge is 0.416 e. The van der Waals surface area contributed by atoms with Gasteiger partial charge in [-0.05, 0) is 12.1 Å². The van der Waals surface area contributed by atoms with Gasteiger partial charge >= 0.3 is 6.18 Å². The van der Waals surface area contributed by atoms with Crippen molar-refractivity contribution in [3.63, 3.8) is 0 Å². The number of hydrogen-bond acceptors (Lipinski definition) is 6. The summed E-state index contributed by atoms with van der Waals surface area (Å²) in [4.78, 5) is 20.4. The van der Waals surface area contributed by atoms with E-state index < -0.39 is 11.7 Å². The van der Waals surface area contributed by atoms with E-state index in [0.717, 1.165) is 25.2 Å². The molecule has 7 nitrogen and oxygen atoms in total. The monoisotopic (exact) mass is 395 g/mol. The van der Waals surface area contributed by atoms with Gasteiger partial charge in [0.05, 0.1) is 18.0 Å². The van der Waals surface area contributed by atoms with Gasteiger partial charge in [-0.25, -0.2) is 0 Å². The number of halogens is 3. The van der Waals surface area contributed by atoms with Gasteiger partial charge in [0.1, 0.15) is 0 Å². The Bertz CT molecular complexity index is 842. The molecule has 2 saturated heterocycles. The highest BCUT2D eigenvalue weighted by Crippen LogP contribution is 2.31. The molecule has 4 rings (SSSR count). The van der Waals surface area contributed by atoms with Crippen LogP contribution in [0.2, 0.25) is 0 Å². The second-order valence-corrected chi connectivity index (χ2v) is 7.05. The van der Waals surface area contributed by atoms with Crippen molar-refractivity contribution in [2.45, 2.75) is 12.7 Å². The first-order valence-electron chi connectivity index (χ1n) is 9.12. The lowest BCUT2D eigenvalue weighted by Gasteiger charge is -2.38. The van der Waals surface area contributed by atoms with Gasteiger partial charge in [0.25, 0.3) is 0 Å². The molecule has 1 aromatic heterocycles. The summed E-state index contributed by atoms with van der Waals surface area (Å²) in [5.41, 5.74) is -0.492. The van der Waals surface area contributed by atoms with E-state index in [1.165, 1.54) is 12.1 Å². The molecule has 0 bridgehead atoms. The summed E-state index contributed by atoms with van der Waals surface area (Å²) in [5.74, 6) is 0.767. The van der Waals surface area contributed by atoms with E-state index in [1.54, 1.807) is 0 Å². The molecule has 0 unspecified atom stereocenters. The van der Waals surface area contributed by atoms with Crippen molar-refractivity contribution in [2.24, 2.45) is 5.92 Å². The molecular formula is C18H20F3N5O2. The molecular weight excluding hydrogens is 375 g/mol. The molecule has 0 spiro atoms. The lowest BCUT2D eigenvalue weighted by Crippen LogP contribution is -2.56. The summed E-state index contributed by atoms with van der Waals surface area (Å²) in [6, 6.07) is 4.85. The zero-order valence-electron chi connectivity index (χ0n) is 15.1. The first-order valence-corrected chi connectivity index (χ1v) is 9.12. The first kappa shape index (κ1) is 18.9. The highest BCUT2D eigenvalue weighted by Gasteiger charge is 2.32. The molecule has 0 atom stereocenters. The minimum absolute atomic E-state index is 0.0949. The molecule has 2 aliphatic heterocycles. The van der Waals surface area contributed by atoms with Crippen molar-refractivity contribution in [3.8, 4) is 11.4 Å². The zero-order chi connectivity index (χ0) is 19.7. The molecule has 2 aromatic rings. The van der Waals surface area contributed by atoms with Gasteiger partial charge in [-0.3, -0.25) is 9.69 Å². The van der Waals surface area contributed by atoms with Crippen LogP contribution in [0.25, 0.3) is 11.4 Å². The van der Waals surface area contributed by atoms with Crippen LogP contribution in [-0.4, -0.2) is 65.1 Å². The average Bonchev–Trinajstić information content (AvgIpc) is 3.09. The van der Waals surface area contributed by atoms with Crippen LogP contribution in [0, 0.1) is 5.92 Å². The standard InChI is InChI=1S/C18H20F3N5O2/c19-18(20,21)14-3-1-2-12(8-14)16-23-15(28-24-16)11-25-4-6-26(7-5-25)17(27)13-9-22-10-13/h1-3,8,13,22H,4-7,9-11H2. The minimum atomic E-state index is -4.42. The van der Waals surface area contributed by atoms with Gasteiger partial charge in [0, 0.05) is 44.8 Å². The molecule has 2 aliphatic rings. The number of hydrogen-bond donors (Lipinski definition) is 1. The summed E-state index contributed by atoms with van der Waals surface area (Å²) in [7, 11) is 0. The number of aromatic nitrogens is 2. The molecule has 28 heavy (non-hydrogen) atoms. The van der Waals surface area contributed by atoms with E-state index in [4.69, 9.17) is 4.52 Å². The summed E-state index contributed by atoms with van der Waals surface area (Å²) >= 11 is 0. The molecule has 0 aliphatic carbocycles. The molecule has 1 aromatic carbocycles. The SMILES string of the molecule is O=C(C1CNC1)N1CCN(Cc2nc(-c3cccc(C(F)(F)F)c3)no2)CC1. The zero-order valence-corrected chi connectivity index (χ0v) is 15.1. The van der Waals surface area contributed by atoms with Crippen LogP contribution in [-0.2, 0) is 17.5 Å². The van der Waals surface area contributed by atoms with Crippen LogP contribution in [0.3, 0.4) is 0 Å². The molecule has 2 fully saturated rings. The van der Waals surface area contributed by atoms with Gasteiger partial charge in [-0.2, -0.15) is 18.2 Å². The second kappa shape index (κ2) is 7.51. The van der Waals surface area contributed by atoms with Crippen molar-refractivity contribution in [3.05, 3.63) is 35.7 Å². The van der Waals surface area contributed by atoms with Crippen molar-refractivity contribution in [1.29, 1.82) is 0 Å². The predicted molar refractivity (Wildman–Crippen MR) is 93.0 cm³/mol. The molecule has 1 amide bonds. The lowest BCUT2D eigenvalue weighted by molar-refractivity contribution is -0.139. The Morgan fingerprint density at radius 2 is 1.96 bits per heavy atom. The lowest BCUT2D eigenvalue weighted by atomic mass is 10.0. The Hall–Kier alpha value is -2.46. The number of carbonyl (C=O) groups is 1. The topological polar surface area (TPSA) is 74.5 Å². The van der Waals surface area contributed by atoms with Crippen LogP contribution < -0.4 is 5.32 Å². The molecule has 1 N–H and O–H groups in total. The summed E-state index contributed by atoms with van der Waals surface area (Å²) < 4.78 is 43.8. The van der Waals surface area contributed by atoms with E-state index in [-0.39, 0.29) is 23.2 Å². The Morgan fingerprint density at radius 3 is 2.61 bits per heavy atom. The highest BCUT2D eigenvalue weighted by atomic mass is 19.4. The number of piperazine rings is 1. The molecule has 150 valence electrons. The van der Waals surface area contributed by atoms with E-state index >= 15 is 0 Å². The number of amides is 1. The average molecular weight is 395 g/mol. The number of nitrogens with zero attached hydrogens (tertiary/aromatic N) is 4.